The molecule has 2 fully saturated rings. The number of carbonyl (C=O) groups is 1. The predicted octanol–water partition coefficient (Wildman–Crippen LogP) is 5.00. The Bertz CT molecular complexity index is 1690. The van der Waals surface area contributed by atoms with Crippen LogP contribution in [0, 0.1) is 28.9 Å². The second-order valence-corrected chi connectivity index (χ2v) is 10.0. The summed E-state index contributed by atoms with van der Waals surface area (Å²) in [5.74, 6) is -0.490. The van der Waals surface area contributed by atoms with Crippen LogP contribution in [0.25, 0.3) is 22.3 Å². The molecule has 40 heavy (non-hydrogen) atoms. The summed E-state index contributed by atoms with van der Waals surface area (Å²) in [5, 5.41) is 14.6. The van der Waals surface area contributed by atoms with E-state index in [-0.39, 0.29) is 46.1 Å². The number of nitrogen functional groups attached to an aromatic ring is 1. The van der Waals surface area contributed by atoms with E-state index in [0.717, 1.165) is 25.7 Å². The maximum Gasteiger partial charge on any atom is 0.264 e. The van der Waals surface area contributed by atoms with Crippen molar-refractivity contribution in [3.8, 4) is 28.8 Å². The Balaban J connectivity index is 1.31. The molecule has 9 nitrogen and oxygen atoms in total. The van der Waals surface area contributed by atoms with E-state index < -0.39 is 11.6 Å². The van der Waals surface area contributed by atoms with Gasteiger partial charge >= 0.3 is 0 Å². The number of fused-ring (bicyclic) bond motifs is 1. The Morgan fingerprint density at radius 3 is 2.73 bits per heavy atom. The van der Waals surface area contributed by atoms with Crippen molar-refractivity contribution in [1.82, 2.24) is 24.6 Å². The summed E-state index contributed by atoms with van der Waals surface area (Å²) in [4.78, 5) is 23.4. The standard InChI is InChI=1S/C29H25F2N7O2/c30-19-3-1-5-21(12-19)40-22-8-9-23(24(31)13-22)26-25-27(33)34-16-35-28(25)38(36-26)15-20-4-2-10-37(20)29(39)18(14-32)11-17-6-7-17/h1,3,5,8-9,11-13,16-17,20H,2,4,6-7,10,15H2,(H2,33,34,35). The highest BCUT2D eigenvalue weighted by molar-refractivity contribution is 5.99. The van der Waals surface area contributed by atoms with Gasteiger partial charge in [-0.3, -0.25) is 4.79 Å². The monoisotopic (exact) mass is 541 g/mol. The third-order valence-corrected chi connectivity index (χ3v) is 7.18. The second-order valence-electron chi connectivity index (χ2n) is 10.0. The lowest BCUT2D eigenvalue weighted by atomic mass is 10.1. The maximum absolute atomic E-state index is 15.4. The molecule has 0 spiro atoms. The van der Waals surface area contributed by atoms with Crippen molar-refractivity contribution >= 4 is 22.8 Å². The highest BCUT2D eigenvalue weighted by Crippen LogP contribution is 2.35. The first kappa shape index (κ1) is 25.4. The van der Waals surface area contributed by atoms with Gasteiger partial charge in [-0.15, -0.1) is 0 Å². The van der Waals surface area contributed by atoms with Crippen LogP contribution in [0.4, 0.5) is 14.6 Å². The molecular weight excluding hydrogens is 516 g/mol. The van der Waals surface area contributed by atoms with Crippen molar-refractivity contribution in [2.45, 2.75) is 38.3 Å². The van der Waals surface area contributed by atoms with Gasteiger partial charge in [0, 0.05) is 24.2 Å². The molecule has 202 valence electrons. The number of allylic oxidation sites excluding steroid dienone is 1. The lowest BCUT2D eigenvalue weighted by Gasteiger charge is -2.24. The molecule has 11 heteroatoms. The number of anilines is 1. The fraction of sp³-hybridized carbons (Fsp3) is 0.276. The molecule has 4 aromatic rings. The zero-order valence-electron chi connectivity index (χ0n) is 21.4. The summed E-state index contributed by atoms with van der Waals surface area (Å²) in [6.07, 6.45) is 6.61. The van der Waals surface area contributed by atoms with Gasteiger partial charge in [0.05, 0.1) is 18.0 Å². The van der Waals surface area contributed by atoms with E-state index in [1.165, 1.54) is 36.7 Å². The fourth-order valence-corrected chi connectivity index (χ4v) is 5.07. The molecule has 2 N–H and O–H groups in total. The first-order valence-electron chi connectivity index (χ1n) is 13.0. The number of halogens is 2. The molecule has 2 aliphatic rings. The number of hydrogen-bond donors (Lipinski definition) is 1. The van der Waals surface area contributed by atoms with Crippen LogP contribution >= 0.6 is 0 Å². The van der Waals surface area contributed by atoms with E-state index in [0.29, 0.717) is 30.0 Å². The van der Waals surface area contributed by atoms with Crippen LogP contribution < -0.4 is 10.5 Å². The van der Waals surface area contributed by atoms with Gasteiger partial charge in [0.2, 0.25) is 0 Å². The summed E-state index contributed by atoms with van der Waals surface area (Å²) in [5.41, 5.74) is 7.21. The number of rotatable bonds is 7. The number of nitriles is 1. The second kappa shape index (κ2) is 10.4. The smallest absolute Gasteiger partial charge is 0.264 e. The Hall–Kier alpha value is -4.85. The van der Waals surface area contributed by atoms with Crippen LogP contribution in [0.2, 0.25) is 0 Å². The van der Waals surface area contributed by atoms with E-state index in [1.807, 2.05) is 0 Å². The first-order chi connectivity index (χ1) is 19.4. The number of nitrogens with two attached hydrogens (primary N) is 1. The predicted molar refractivity (Wildman–Crippen MR) is 143 cm³/mol. The number of ether oxygens (including phenoxy) is 1. The number of benzene rings is 2. The molecule has 1 saturated carbocycles. The number of likely N-dealkylation sites (tertiary alicyclic amines) is 1. The van der Waals surface area contributed by atoms with E-state index in [1.54, 1.807) is 27.8 Å². The highest BCUT2D eigenvalue weighted by Gasteiger charge is 2.33. The molecule has 1 aliphatic carbocycles. The molecule has 1 amide bonds. The number of hydrogen-bond acceptors (Lipinski definition) is 7. The lowest BCUT2D eigenvalue weighted by molar-refractivity contribution is -0.127. The fourth-order valence-electron chi connectivity index (χ4n) is 5.07. The highest BCUT2D eigenvalue weighted by atomic mass is 19.1. The zero-order chi connectivity index (χ0) is 27.8. The van der Waals surface area contributed by atoms with E-state index in [9.17, 15) is 14.4 Å². The molecule has 6 rings (SSSR count). The molecule has 1 atom stereocenters. The van der Waals surface area contributed by atoms with Gasteiger partial charge in [-0.25, -0.2) is 23.4 Å². The summed E-state index contributed by atoms with van der Waals surface area (Å²) in [6.45, 7) is 0.834. The summed E-state index contributed by atoms with van der Waals surface area (Å²) >= 11 is 0. The van der Waals surface area contributed by atoms with Gasteiger partial charge in [0.15, 0.2) is 5.65 Å². The van der Waals surface area contributed by atoms with Crippen LogP contribution in [-0.2, 0) is 11.3 Å². The summed E-state index contributed by atoms with van der Waals surface area (Å²) in [7, 11) is 0. The Labute approximate surface area is 228 Å². The molecule has 1 saturated heterocycles. The van der Waals surface area contributed by atoms with Gasteiger partial charge in [0.25, 0.3) is 5.91 Å². The van der Waals surface area contributed by atoms with Crippen molar-refractivity contribution in [1.29, 1.82) is 5.26 Å². The van der Waals surface area contributed by atoms with Crippen molar-refractivity contribution < 1.29 is 18.3 Å². The van der Waals surface area contributed by atoms with Crippen LogP contribution in [0.5, 0.6) is 11.5 Å². The van der Waals surface area contributed by atoms with Gasteiger partial charge < -0.3 is 15.4 Å². The van der Waals surface area contributed by atoms with Crippen LogP contribution in [0.1, 0.15) is 25.7 Å². The van der Waals surface area contributed by atoms with Crippen molar-refractivity contribution in [3.05, 3.63) is 72.1 Å². The zero-order valence-corrected chi connectivity index (χ0v) is 21.4. The summed E-state index contributed by atoms with van der Waals surface area (Å²) in [6, 6.07) is 11.7. The molecular formula is C29H25F2N7O2. The minimum absolute atomic E-state index is 0.143. The van der Waals surface area contributed by atoms with Gasteiger partial charge in [-0.2, -0.15) is 10.4 Å². The Kier molecular flexibility index (Phi) is 6.59. The minimum Gasteiger partial charge on any atom is -0.457 e. The van der Waals surface area contributed by atoms with Crippen molar-refractivity contribution in [3.63, 3.8) is 0 Å². The molecule has 0 bridgehead atoms. The average molecular weight is 542 g/mol. The maximum atomic E-state index is 15.4. The largest absolute Gasteiger partial charge is 0.457 e. The van der Waals surface area contributed by atoms with Gasteiger partial charge in [-0.05, 0) is 55.9 Å². The number of nitrogens with zero attached hydrogens (tertiary/aromatic N) is 6. The molecule has 2 aromatic carbocycles. The molecule has 0 radical (unpaired) electrons. The summed E-state index contributed by atoms with van der Waals surface area (Å²) < 4.78 is 36.2. The first-order valence-corrected chi connectivity index (χ1v) is 13.0. The molecule has 1 unspecified atom stereocenters. The SMILES string of the molecule is N#CC(=CC1CC1)C(=O)N1CCCC1Cn1nc(-c2ccc(Oc3cccc(F)c3)cc2F)c2c(N)ncnc21. The normalized spacial score (nSPS) is 17.3. The van der Waals surface area contributed by atoms with Crippen LogP contribution in [0.15, 0.2) is 60.4 Å². The quantitative estimate of drug-likeness (QED) is 0.258. The third kappa shape index (κ3) is 4.96. The molecule has 1 aliphatic heterocycles. The Morgan fingerprint density at radius 1 is 1.15 bits per heavy atom. The Morgan fingerprint density at radius 2 is 1.98 bits per heavy atom. The van der Waals surface area contributed by atoms with Gasteiger partial charge in [-0.1, -0.05) is 12.1 Å². The number of carbonyl (C=O) groups excluding carboxylic acids is 1. The van der Waals surface area contributed by atoms with E-state index >= 15 is 4.39 Å². The molecule has 2 aromatic heterocycles. The number of amides is 1. The third-order valence-electron chi connectivity index (χ3n) is 7.18. The lowest BCUT2D eigenvalue weighted by Crippen LogP contribution is -2.39. The van der Waals surface area contributed by atoms with Crippen molar-refractivity contribution in [2.24, 2.45) is 5.92 Å². The topological polar surface area (TPSA) is 123 Å². The van der Waals surface area contributed by atoms with E-state index in [4.69, 9.17) is 10.5 Å². The molecule has 3 heterocycles. The van der Waals surface area contributed by atoms with Crippen LogP contribution in [0.3, 0.4) is 0 Å². The van der Waals surface area contributed by atoms with Crippen LogP contribution in [-0.4, -0.2) is 43.1 Å². The van der Waals surface area contributed by atoms with Crippen molar-refractivity contribution in [2.75, 3.05) is 12.3 Å². The average Bonchev–Trinajstić information content (AvgIpc) is 3.51. The minimum atomic E-state index is -0.620. The van der Waals surface area contributed by atoms with E-state index in [2.05, 4.69) is 21.1 Å². The number of aromatic nitrogens is 4. The van der Waals surface area contributed by atoms with Gasteiger partial charge in [0.1, 0.15) is 52.6 Å².